The van der Waals surface area contributed by atoms with Crippen LogP contribution in [0.2, 0.25) is 0 Å². The van der Waals surface area contributed by atoms with Crippen molar-refractivity contribution in [1.82, 2.24) is 0 Å². The maximum atomic E-state index is 3.96. The first-order valence-corrected chi connectivity index (χ1v) is 6.95. The van der Waals surface area contributed by atoms with Crippen molar-refractivity contribution < 1.29 is 0 Å². The van der Waals surface area contributed by atoms with Gasteiger partial charge in [-0.1, -0.05) is 76.4 Å². The van der Waals surface area contributed by atoms with Crippen LogP contribution in [0.1, 0.15) is 37.5 Å². The first kappa shape index (κ1) is 14.3. The molecule has 0 saturated carbocycles. The molecule has 2 aromatic rings. The Morgan fingerprint density at radius 2 is 1.55 bits per heavy atom. The maximum absolute atomic E-state index is 3.96. The summed E-state index contributed by atoms with van der Waals surface area (Å²) in [5.41, 5.74) is 6.24. The monoisotopic (exact) mass is 262 g/mol. The van der Waals surface area contributed by atoms with Crippen molar-refractivity contribution in [2.45, 2.75) is 26.2 Å². The lowest BCUT2D eigenvalue weighted by molar-refractivity contribution is 0.589. The summed E-state index contributed by atoms with van der Waals surface area (Å²) < 4.78 is 0. The molecule has 0 bridgehead atoms. The van der Waals surface area contributed by atoms with Gasteiger partial charge in [0.25, 0.3) is 0 Å². The maximum Gasteiger partial charge on any atom is -0.0126 e. The molecule has 0 unspecified atom stereocenters. The van der Waals surface area contributed by atoms with Crippen LogP contribution >= 0.6 is 0 Å². The highest BCUT2D eigenvalue weighted by atomic mass is 14.2. The zero-order valence-corrected chi connectivity index (χ0v) is 12.6. The van der Waals surface area contributed by atoms with Gasteiger partial charge in [-0.15, -0.1) is 0 Å². The SMILES string of the molecule is C=Cc1cccc(-c2ccc(C(C)(C)C)c(C=C)c2)c1. The third-order valence-corrected chi connectivity index (χ3v) is 3.54. The summed E-state index contributed by atoms with van der Waals surface area (Å²) in [5.74, 6) is 0. The van der Waals surface area contributed by atoms with Gasteiger partial charge < -0.3 is 0 Å². The molecule has 2 aromatic carbocycles. The Hall–Kier alpha value is -2.08. The number of rotatable bonds is 3. The fourth-order valence-electron chi connectivity index (χ4n) is 2.44. The van der Waals surface area contributed by atoms with Crippen molar-refractivity contribution >= 4 is 12.2 Å². The smallest absolute Gasteiger partial charge is 0.0126 e. The molecular formula is C20H22. The van der Waals surface area contributed by atoms with Gasteiger partial charge in [0.2, 0.25) is 0 Å². The molecule has 20 heavy (non-hydrogen) atoms. The lowest BCUT2D eigenvalue weighted by atomic mass is 9.82. The van der Waals surface area contributed by atoms with Crippen LogP contribution in [0.4, 0.5) is 0 Å². The second-order valence-electron chi connectivity index (χ2n) is 6.09. The first-order valence-electron chi connectivity index (χ1n) is 6.95. The fraction of sp³-hybridized carbons (Fsp3) is 0.200. The largest absolute Gasteiger partial charge is 0.0985 e. The van der Waals surface area contributed by atoms with Crippen LogP contribution in [0.5, 0.6) is 0 Å². The van der Waals surface area contributed by atoms with E-state index in [2.05, 4.69) is 76.4 Å². The molecule has 0 heteroatoms. The highest BCUT2D eigenvalue weighted by Gasteiger charge is 2.17. The van der Waals surface area contributed by atoms with Crippen LogP contribution in [0.15, 0.2) is 55.6 Å². The molecule has 0 aliphatic rings. The van der Waals surface area contributed by atoms with Crippen molar-refractivity contribution in [2.75, 3.05) is 0 Å². The lowest BCUT2D eigenvalue weighted by Crippen LogP contribution is -2.12. The van der Waals surface area contributed by atoms with E-state index in [1.807, 2.05) is 12.2 Å². The molecular weight excluding hydrogens is 240 g/mol. The van der Waals surface area contributed by atoms with Gasteiger partial charge in [0.1, 0.15) is 0 Å². The Morgan fingerprint density at radius 1 is 0.850 bits per heavy atom. The van der Waals surface area contributed by atoms with E-state index >= 15 is 0 Å². The molecule has 0 fully saturated rings. The van der Waals surface area contributed by atoms with Gasteiger partial charge in [-0.25, -0.2) is 0 Å². The standard InChI is InChI=1S/C20H22/c1-6-15-9-8-10-17(13-15)18-11-12-19(20(3,4)5)16(7-2)14-18/h6-14H,1-2H2,3-5H3. The van der Waals surface area contributed by atoms with E-state index in [4.69, 9.17) is 0 Å². The summed E-state index contributed by atoms with van der Waals surface area (Å²) in [6.45, 7) is 14.5. The second-order valence-corrected chi connectivity index (χ2v) is 6.09. The Kier molecular flexibility index (Phi) is 3.94. The minimum atomic E-state index is 0.130. The van der Waals surface area contributed by atoms with Gasteiger partial charge in [0.15, 0.2) is 0 Å². The van der Waals surface area contributed by atoms with Crippen molar-refractivity contribution in [3.63, 3.8) is 0 Å². The van der Waals surface area contributed by atoms with E-state index in [-0.39, 0.29) is 5.41 Å². The van der Waals surface area contributed by atoms with E-state index < -0.39 is 0 Å². The third-order valence-electron chi connectivity index (χ3n) is 3.54. The molecule has 0 nitrogen and oxygen atoms in total. The van der Waals surface area contributed by atoms with Crippen molar-refractivity contribution in [2.24, 2.45) is 0 Å². The Morgan fingerprint density at radius 3 is 2.15 bits per heavy atom. The minimum Gasteiger partial charge on any atom is -0.0985 e. The van der Waals surface area contributed by atoms with Gasteiger partial charge >= 0.3 is 0 Å². The van der Waals surface area contributed by atoms with E-state index in [1.165, 1.54) is 22.3 Å². The summed E-state index contributed by atoms with van der Waals surface area (Å²) in [7, 11) is 0. The Balaban J connectivity index is 2.54. The van der Waals surface area contributed by atoms with Gasteiger partial charge in [-0.05, 0) is 45.4 Å². The second kappa shape index (κ2) is 5.50. The summed E-state index contributed by atoms with van der Waals surface area (Å²) >= 11 is 0. The topological polar surface area (TPSA) is 0 Å². The first-order chi connectivity index (χ1) is 9.45. The number of hydrogen-bond acceptors (Lipinski definition) is 0. The fourth-order valence-corrected chi connectivity index (χ4v) is 2.44. The molecule has 0 saturated heterocycles. The van der Waals surface area contributed by atoms with Crippen molar-refractivity contribution in [1.29, 1.82) is 0 Å². The van der Waals surface area contributed by atoms with E-state index in [0.717, 1.165) is 5.56 Å². The molecule has 0 aliphatic carbocycles. The van der Waals surface area contributed by atoms with Crippen LogP contribution in [0.3, 0.4) is 0 Å². The molecule has 0 heterocycles. The van der Waals surface area contributed by atoms with Crippen LogP contribution in [-0.4, -0.2) is 0 Å². The number of benzene rings is 2. The molecule has 0 amide bonds. The molecule has 102 valence electrons. The van der Waals surface area contributed by atoms with Gasteiger partial charge in [0.05, 0.1) is 0 Å². The predicted octanol–water partition coefficient (Wildman–Crippen LogP) is 5.94. The van der Waals surface area contributed by atoms with Crippen LogP contribution < -0.4 is 0 Å². The predicted molar refractivity (Wildman–Crippen MR) is 90.8 cm³/mol. The summed E-state index contributed by atoms with van der Waals surface area (Å²) in [6, 6.07) is 15.0. The number of hydrogen-bond donors (Lipinski definition) is 0. The lowest BCUT2D eigenvalue weighted by Gasteiger charge is -2.22. The molecule has 0 N–H and O–H groups in total. The molecule has 0 aliphatic heterocycles. The average molecular weight is 262 g/mol. The van der Waals surface area contributed by atoms with Crippen molar-refractivity contribution in [3.05, 3.63) is 72.3 Å². The molecule has 0 spiro atoms. The van der Waals surface area contributed by atoms with Crippen molar-refractivity contribution in [3.8, 4) is 11.1 Å². The zero-order valence-electron chi connectivity index (χ0n) is 12.6. The molecule has 0 radical (unpaired) electrons. The van der Waals surface area contributed by atoms with Gasteiger partial charge in [-0.3, -0.25) is 0 Å². The molecule has 0 aromatic heterocycles. The summed E-state index contributed by atoms with van der Waals surface area (Å²) in [5, 5.41) is 0. The average Bonchev–Trinajstić information content (AvgIpc) is 2.45. The zero-order chi connectivity index (χ0) is 14.8. The summed E-state index contributed by atoms with van der Waals surface area (Å²) in [6.07, 6.45) is 3.82. The van der Waals surface area contributed by atoms with E-state index in [9.17, 15) is 0 Å². The van der Waals surface area contributed by atoms with Crippen LogP contribution in [0, 0.1) is 0 Å². The minimum absolute atomic E-state index is 0.130. The highest BCUT2D eigenvalue weighted by molar-refractivity contribution is 5.71. The quantitative estimate of drug-likeness (QED) is 0.642. The van der Waals surface area contributed by atoms with Gasteiger partial charge in [-0.2, -0.15) is 0 Å². The highest BCUT2D eigenvalue weighted by Crippen LogP contribution is 2.31. The van der Waals surface area contributed by atoms with Gasteiger partial charge in [0, 0.05) is 0 Å². The summed E-state index contributed by atoms with van der Waals surface area (Å²) in [4.78, 5) is 0. The Labute approximate surface area is 122 Å². The normalized spacial score (nSPS) is 11.2. The van der Waals surface area contributed by atoms with Crippen LogP contribution in [-0.2, 0) is 5.41 Å². The third kappa shape index (κ3) is 2.91. The molecule has 2 rings (SSSR count). The molecule has 0 atom stereocenters. The van der Waals surface area contributed by atoms with E-state index in [1.54, 1.807) is 0 Å². The van der Waals surface area contributed by atoms with E-state index in [0.29, 0.717) is 0 Å². The Bertz CT molecular complexity index is 639. The van der Waals surface area contributed by atoms with Crippen LogP contribution in [0.25, 0.3) is 23.3 Å².